The summed E-state index contributed by atoms with van der Waals surface area (Å²) in [7, 11) is 5.15. The molecule has 8 heteroatoms. The van der Waals surface area contributed by atoms with Crippen molar-refractivity contribution in [3.8, 4) is 11.5 Å². The molecule has 0 aliphatic carbocycles. The number of aryl methyl sites for hydroxylation is 1. The van der Waals surface area contributed by atoms with Crippen molar-refractivity contribution in [1.82, 2.24) is 19.6 Å². The van der Waals surface area contributed by atoms with Gasteiger partial charge in [-0.1, -0.05) is 35.9 Å². The van der Waals surface area contributed by atoms with Gasteiger partial charge in [0.25, 0.3) is 0 Å². The van der Waals surface area contributed by atoms with E-state index in [1.165, 1.54) is 16.7 Å². The third-order valence-electron chi connectivity index (χ3n) is 7.31. The summed E-state index contributed by atoms with van der Waals surface area (Å²) in [4.78, 5) is 18.4. The van der Waals surface area contributed by atoms with E-state index < -0.39 is 0 Å². The molecular weight excluding hydrogens is 464 g/mol. The van der Waals surface area contributed by atoms with Gasteiger partial charge in [-0.2, -0.15) is 5.10 Å². The molecule has 2 aromatic carbocycles. The molecule has 1 aromatic heterocycles. The third-order valence-corrected chi connectivity index (χ3v) is 7.62. The van der Waals surface area contributed by atoms with Gasteiger partial charge in [-0.05, 0) is 54.2 Å². The minimum absolute atomic E-state index is 0.0662. The van der Waals surface area contributed by atoms with Gasteiger partial charge in [0.2, 0.25) is 5.91 Å². The molecule has 5 rings (SSSR count). The normalized spacial score (nSPS) is 19.7. The van der Waals surface area contributed by atoms with Crippen LogP contribution in [-0.4, -0.2) is 52.3 Å². The Morgan fingerprint density at radius 3 is 2.51 bits per heavy atom. The number of nitrogens with zero attached hydrogens (tertiary/aromatic N) is 4. The van der Waals surface area contributed by atoms with E-state index in [1.807, 2.05) is 30.1 Å². The van der Waals surface area contributed by atoms with Crippen molar-refractivity contribution in [2.45, 2.75) is 44.9 Å². The minimum Gasteiger partial charge on any atom is -0.493 e. The number of amides is 1. The molecule has 3 aromatic rings. The maximum absolute atomic E-state index is 14.1. The van der Waals surface area contributed by atoms with Crippen LogP contribution in [0.25, 0.3) is 0 Å². The standard InChI is InChI=1S/C27H31ClN4O3/c1-17-21-13-26(35-4)25(34-3)12-19(21)9-10-32(17)27(33)24-11-18-7-5-6-8-20(18)14-31(24)16-23-22(28)15-30(2)29-23/h5-8,12-13,15,17,24H,9-11,14,16H2,1-4H3. The number of benzene rings is 2. The van der Waals surface area contributed by atoms with Crippen molar-refractivity contribution in [3.05, 3.63) is 75.6 Å². The van der Waals surface area contributed by atoms with Crippen LogP contribution in [0.3, 0.4) is 0 Å². The van der Waals surface area contributed by atoms with Crippen LogP contribution < -0.4 is 9.47 Å². The molecule has 2 atom stereocenters. The van der Waals surface area contributed by atoms with Gasteiger partial charge >= 0.3 is 0 Å². The summed E-state index contributed by atoms with van der Waals surface area (Å²) < 4.78 is 12.8. The Bertz CT molecular complexity index is 1260. The lowest BCUT2D eigenvalue weighted by Crippen LogP contribution is -2.53. The largest absolute Gasteiger partial charge is 0.493 e. The smallest absolute Gasteiger partial charge is 0.240 e. The number of halogens is 1. The molecule has 7 nitrogen and oxygen atoms in total. The highest BCUT2D eigenvalue weighted by Gasteiger charge is 2.38. The maximum atomic E-state index is 14.1. The number of aromatic nitrogens is 2. The highest BCUT2D eigenvalue weighted by Crippen LogP contribution is 2.39. The summed E-state index contributed by atoms with van der Waals surface area (Å²) in [5.41, 5.74) is 5.58. The second-order valence-electron chi connectivity index (χ2n) is 9.35. The molecule has 3 heterocycles. The molecule has 184 valence electrons. The van der Waals surface area contributed by atoms with E-state index >= 15 is 0 Å². The summed E-state index contributed by atoms with van der Waals surface area (Å²) in [5, 5.41) is 5.16. The van der Waals surface area contributed by atoms with Gasteiger partial charge in [0.15, 0.2) is 11.5 Å². The van der Waals surface area contributed by atoms with Crippen molar-refractivity contribution >= 4 is 17.5 Å². The average molecular weight is 495 g/mol. The van der Waals surface area contributed by atoms with E-state index in [1.54, 1.807) is 25.1 Å². The monoisotopic (exact) mass is 494 g/mol. The van der Waals surface area contributed by atoms with E-state index in [2.05, 4.69) is 35.1 Å². The number of rotatable bonds is 5. The van der Waals surface area contributed by atoms with Crippen molar-refractivity contribution in [2.24, 2.45) is 7.05 Å². The van der Waals surface area contributed by atoms with E-state index in [9.17, 15) is 4.79 Å². The first-order valence-corrected chi connectivity index (χ1v) is 12.3. The van der Waals surface area contributed by atoms with Crippen LogP contribution in [0.15, 0.2) is 42.6 Å². The molecule has 1 amide bonds. The summed E-state index contributed by atoms with van der Waals surface area (Å²) >= 11 is 6.45. The Labute approximate surface area is 211 Å². The highest BCUT2D eigenvalue weighted by atomic mass is 35.5. The Hall–Kier alpha value is -3.03. The maximum Gasteiger partial charge on any atom is 0.240 e. The number of fused-ring (bicyclic) bond motifs is 2. The van der Waals surface area contributed by atoms with Gasteiger partial charge in [0, 0.05) is 32.9 Å². The third kappa shape index (κ3) is 4.39. The molecule has 0 fully saturated rings. The summed E-state index contributed by atoms with van der Waals surface area (Å²) in [5.74, 6) is 1.55. The second kappa shape index (κ2) is 9.55. The summed E-state index contributed by atoms with van der Waals surface area (Å²) in [6, 6.07) is 12.1. The van der Waals surface area contributed by atoms with Gasteiger partial charge in [0.05, 0.1) is 37.0 Å². The van der Waals surface area contributed by atoms with Crippen LogP contribution in [0.5, 0.6) is 11.5 Å². The first-order chi connectivity index (χ1) is 16.9. The van der Waals surface area contributed by atoms with E-state index in [0.717, 1.165) is 23.4 Å². The van der Waals surface area contributed by atoms with Crippen LogP contribution >= 0.6 is 11.6 Å². The van der Waals surface area contributed by atoms with Gasteiger partial charge in [-0.3, -0.25) is 14.4 Å². The molecule has 0 saturated heterocycles. The average Bonchev–Trinajstić information content (AvgIpc) is 3.18. The SMILES string of the molecule is COc1cc2c(cc1OC)C(C)N(C(=O)C1Cc3ccccc3CN1Cc1nn(C)cc1Cl)CC2. The molecule has 35 heavy (non-hydrogen) atoms. The van der Waals surface area contributed by atoms with E-state index in [0.29, 0.717) is 36.8 Å². The fourth-order valence-corrected chi connectivity index (χ4v) is 5.67. The number of carbonyl (C=O) groups is 1. The number of hydrogen-bond acceptors (Lipinski definition) is 5. The zero-order valence-corrected chi connectivity index (χ0v) is 21.4. The predicted molar refractivity (Wildman–Crippen MR) is 135 cm³/mol. The van der Waals surface area contributed by atoms with Crippen molar-refractivity contribution < 1.29 is 14.3 Å². The van der Waals surface area contributed by atoms with Crippen LogP contribution in [0, 0.1) is 0 Å². The number of carbonyl (C=O) groups excluding carboxylic acids is 1. The number of hydrogen-bond donors (Lipinski definition) is 0. The molecule has 0 N–H and O–H groups in total. The first-order valence-electron chi connectivity index (χ1n) is 11.9. The van der Waals surface area contributed by atoms with Gasteiger partial charge < -0.3 is 14.4 Å². The second-order valence-corrected chi connectivity index (χ2v) is 9.76. The first kappa shape index (κ1) is 23.7. The predicted octanol–water partition coefficient (Wildman–Crippen LogP) is 4.16. The van der Waals surface area contributed by atoms with Gasteiger partial charge in [0.1, 0.15) is 0 Å². The summed E-state index contributed by atoms with van der Waals surface area (Å²) in [6.45, 7) is 3.97. The molecule has 0 saturated carbocycles. The van der Waals surface area contributed by atoms with E-state index in [-0.39, 0.29) is 18.0 Å². The molecule has 0 radical (unpaired) electrons. The molecular formula is C27H31ClN4O3. The van der Waals surface area contributed by atoms with Crippen LogP contribution in [-0.2, 0) is 37.8 Å². The molecule has 2 aliphatic heterocycles. The Kier molecular flexibility index (Phi) is 6.47. The van der Waals surface area contributed by atoms with Crippen LogP contribution in [0.2, 0.25) is 5.02 Å². The fraction of sp³-hybridized carbons (Fsp3) is 0.407. The molecule has 0 spiro atoms. The van der Waals surface area contributed by atoms with Crippen molar-refractivity contribution in [3.63, 3.8) is 0 Å². The van der Waals surface area contributed by atoms with Gasteiger partial charge in [-0.25, -0.2) is 0 Å². The van der Waals surface area contributed by atoms with Crippen LogP contribution in [0.4, 0.5) is 0 Å². The lowest BCUT2D eigenvalue weighted by molar-refractivity contribution is -0.140. The van der Waals surface area contributed by atoms with Crippen LogP contribution in [0.1, 0.15) is 40.9 Å². The number of ether oxygens (including phenoxy) is 2. The Morgan fingerprint density at radius 2 is 1.83 bits per heavy atom. The molecule has 2 aliphatic rings. The minimum atomic E-state index is -0.285. The van der Waals surface area contributed by atoms with Gasteiger partial charge in [-0.15, -0.1) is 0 Å². The lowest BCUT2D eigenvalue weighted by atomic mass is 9.89. The van der Waals surface area contributed by atoms with Crippen molar-refractivity contribution in [2.75, 3.05) is 20.8 Å². The summed E-state index contributed by atoms with van der Waals surface area (Å²) in [6.07, 6.45) is 3.25. The topological polar surface area (TPSA) is 59.8 Å². The van der Waals surface area contributed by atoms with E-state index in [4.69, 9.17) is 21.1 Å². The zero-order chi connectivity index (χ0) is 24.7. The molecule has 2 unspecified atom stereocenters. The number of methoxy groups -OCH3 is 2. The van der Waals surface area contributed by atoms with Crippen molar-refractivity contribution in [1.29, 1.82) is 0 Å². The Balaban J connectivity index is 1.46. The quantitative estimate of drug-likeness (QED) is 0.533. The highest BCUT2D eigenvalue weighted by molar-refractivity contribution is 6.31. The zero-order valence-electron chi connectivity index (χ0n) is 20.6. The Morgan fingerprint density at radius 1 is 1.11 bits per heavy atom. The fourth-order valence-electron chi connectivity index (χ4n) is 5.43. The molecule has 0 bridgehead atoms. The lowest BCUT2D eigenvalue weighted by Gasteiger charge is -2.42.